The van der Waals surface area contributed by atoms with Gasteiger partial charge in [-0.25, -0.2) is 9.18 Å². The summed E-state index contributed by atoms with van der Waals surface area (Å²) < 4.78 is 31.2. The van der Waals surface area contributed by atoms with Crippen molar-refractivity contribution in [3.05, 3.63) is 88.2 Å². The van der Waals surface area contributed by atoms with E-state index in [1.807, 2.05) is 12.1 Å². The van der Waals surface area contributed by atoms with Crippen LogP contribution in [0.4, 0.5) is 9.18 Å². The third-order valence-corrected chi connectivity index (χ3v) is 13.9. The first-order valence-electron chi connectivity index (χ1n) is 19.0. The van der Waals surface area contributed by atoms with Crippen LogP contribution in [0.25, 0.3) is 5.76 Å². The molecule has 0 aromatic heterocycles. The number of aliphatic hydroxyl groups excluding tert-OH is 1. The highest BCUT2D eigenvalue weighted by atomic mass is 35.5. The Balaban J connectivity index is 0.881. The Kier molecular flexibility index (Phi) is 9.46. The van der Waals surface area contributed by atoms with Gasteiger partial charge in [0.2, 0.25) is 5.78 Å². The van der Waals surface area contributed by atoms with Gasteiger partial charge >= 0.3 is 6.16 Å². The van der Waals surface area contributed by atoms with Gasteiger partial charge in [-0.3, -0.25) is 9.59 Å². The lowest BCUT2D eigenvalue weighted by atomic mass is 9.48. The molecule has 1 spiro atoms. The molecule has 7 atom stereocenters. The molecule has 0 unspecified atom stereocenters. The maximum absolute atomic E-state index is 13.8. The summed E-state index contributed by atoms with van der Waals surface area (Å²) in [5.74, 6) is -0.0955. The third-order valence-electron chi connectivity index (χ3n) is 13.7. The molecule has 2 aromatic carbocycles. The number of fused-ring (bicyclic) bond motifs is 4. The number of Topliss-reactive ketones (excluding diaryl/α,β-unsaturated/α-hetero) is 1. The molecule has 8 rings (SSSR count). The van der Waals surface area contributed by atoms with E-state index in [1.165, 1.54) is 24.3 Å². The average Bonchev–Trinajstić information content (AvgIpc) is 3.66. The second-order valence-electron chi connectivity index (χ2n) is 16.3. The van der Waals surface area contributed by atoms with Crippen LogP contribution >= 0.6 is 11.6 Å². The molecule has 282 valence electrons. The quantitative estimate of drug-likeness (QED) is 0.160. The van der Waals surface area contributed by atoms with E-state index in [1.54, 1.807) is 24.3 Å². The van der Waals surface area contributed by atoms with Gasteiger partial charge in [0.1, 0.15) is 17.2 Å². The molecule has 5 fully saturated rings. The van der Waals surface area contributed by atoms with Crippen molar-refractivity contribution in [1.82, 2.24) is 4.90 Å². The Morgan fingerprint density at radius 1 is 1.04 bits per heavy atom. The van der Waals surface area contributed by atoms with Crippen molar-refractivity contribution in [1.29, 1.82) is 0 Å². The number of epoxide rings is 1. The van der Waals surface area contributed by atoms with Crippen LogP contribution in [0, 0.1) is 29.0 Å². The zero-order valence-corrected chi connectivity index (χ0v) is 30.8. The summed E-state index contributed by atoms with van der Waals surface area (Å²) in [6.45, 7) is 3.66. The smallest absolute Gasteiger partial charge is 0.426 e. The molecule has 2 saturated heterocycles. The van der Waals surface area contributed by atoms with Gasteiger partial charge in [0.15, 0.2) is 18.0 Å². The van der Waals surface area contributed by atoms with Crippen LogP contribution in [0.1, 0.15) is 82.3 Å². The second kappa shape index (κ2) is 13.7. The Bertz CT molecular complexity index is 1840. The zero-order chi connectivity index (χ0) is 37.2. The van der Waals surface area contributed by atoms with Crippen molar-refractivity contribution < 1.29 is 43.2 Å². The maximum Gasteiger partial charge on any atom is 0.514 e. The van der Waals surface area contributed by atoms with E-state index in [-0.39, 0.29) is 40.5 Å². The summed E-state index contributed by atoms with van der Waals surface area (Å²) in [4.78, 5) is 41.3. The summed E-state index contributed by atoms with van der Waals surface area (Å²) in [6, 6.07) is 12.9. The Hall–Kier alpha value is -3.41. The SMILES string of the molecule is C[C@]12CCC(=O)C=C1CC[C@@H]1[C@@H]2[C@@H](O)C[C@]23O[C@]2(C(=O)COC(=O)O/C(=C\CCN2CCC(O)(c4ccc(Cl)cc4)CC2)c2ccc(F)cc2)CC[C@@H]13. The van der Waals surface area contributed by atoms with Crippen molar-refractivity contribution in [3.8, 4) is 0 Å². The summed E-state index contributed by atoms with van der Waals surface area (Å²) in [5.41, 5.74) is -0.526. The molecule has 11 heteroatoms. The van der Waals surface area contributed by atoms with E-state index in [0.29, 0.717) is 68.7 Å². The number of benzene rings is 2. The van der Waals surface area contributed by atoms with Crippen molar-refractivity contribution in [3.63, 3.8) is 0 Å². The Morgan fingerprint density at radius 3 is 2.51 bits per heavy atom. The van der Waals surface area contributed by atoms with Gasteiger partial charge in [-0.05, 0) is 129 Å². The Labute approximate surface area is 314 Å². The number of carbonyl (C=O) groups is 3. The topological polar surface area (TPSA) is 126 Å². The average molecular weight is 748 g/mol. The van der Waals surface area contributed by atoms with Gasteiger partial charge in [0.25, 0.3) is 0 Å². The number of ketones is 2. The summed E-state index contributed by atoms with van der Waals surface area (Å²) in [7, 11) is 0. The number of allylic oxidation sites excluding steroid dienone is 1. The van der Waals surface area contributed by atoms with Crippen molar-refractivity contribution in [2.45, 2.75) is 94.0 Å². The van der Waals surface area contributed by atoms with Crippen molar-refractivity contribution in [2.24, 2.45) is 23.2 Å². The number of piperidine rings is 1. The second-order valence-corrected chi connectivity index (χ2v) is 16.8. The largest absolute Gasteiger partial charge is 0.514 e. The highest BCUT2D eigenvalue weighted by Gasteiger charge is 2.83. The molecule has 2 heterocycles. The monoisotopic (exact) mass is 747 g/mol. The number of likely N-dealkylation sites (tertiary alicyclic amines) is 1. The molecule has 3 saturated carbocycles. The van der Waals surface area contributed by atoms with E-state index < -0.39 is 41.5 Å². The van der Waals surface area contributed by atoms with Crippen LogP contribution < -0.4 is 0 Å². The number of hydrogen-bond donors (Lipinski definition) is 2. The first-order valence-corrected chi connectivity index (χ1v) is 19.4. The first-order chi connectivity index (χ1) is 25.4. The highest BCUT2D eigenvalue weighted by Crippen LogP contribution is 2.73. The standard InChI is InChI=1S/C42H47ClFNO8/c1-39-16-14-31(46)23-28(39)8-13-32-33-15-17-41(42(33,53-41)24-34(47)37(32)39)36(48)25-51-38(49)52-35(26-4-11-30(44)12-5-26)3-2-20-45-21-18-40(50,19-22-45)27-6-9-29(43)10-7-27/h3-7,9-12,23,32-34,37,47,50H,2,8,13-22,24-25H2,1H3/b35-3-/t32-,33-,34-,37+,39-,41-,42+/m0/s1. The fraction of sp³-hybridized carbons (Fsp3) is 0.548. The van der Waals surface area contributed by atoms with Crippen LogP contribution in [-0.2, 0) is 29.4 Å². The van der Waals surface area contributed by atoms with Gasteiger partial charge in [-0.15, -0.1) is 0 Å². The van der Waals surface area contributed by atoms with Gasteiger partial charge in [0, 0.05) is 43.1 Å². The van der Waals surface area contributed by atoms with E-state index in [0.717, 1.165) is 36.8 Å². The summed E-state index contributed by atoms with van der Waals surface area (Å²) in [5, 5.41) is 23.5. The minimum absolute atomic E-state index is 0.0109. The molecular formula is C42H47ClFNO8. The zero-order valence-electron chi connectivity index (χ0n) is 30.0. The molecule has 9 nitrogen and oxygen atoms in total. The molecule has 2 aromatic rings. The summed E-state index contributed by atoms with van der Waals surface area (Å²) >= 11 is 6.03. The van der Waals surface area contributed by atoms with Crippen molar-refractivity contribution in [2.75, 3.05) is 26.2 Å². The van der Waals surface area contributed by atoms with Crippen molar-refractivity contribution >= 4 is 35.1 Å². The van der Waals surface area contributed by atoms with Crippen LogP contribution in [0.5, 0.6) is 0 Å². The number of rotatable bonds is 9. The lowest BCUT2D eigenvalue weighted by molar-refractivity contribution is -0.127. The fourth-order valence-electron chi connectivity index (χ4n) is 10.9. The lowest BCUT2D eigenvalue weighted by Crippen LogP contribution is -2.57. The lowest BCUT2D eigenvalue weighted by Gasteiger charge is -2.56. The van der Waals surface area contributed by atoms with Crippen LogP contribution in [0.15, 0.2) is 66.3 Å². The fourth-order valence-corrected chi connectivity index (χ4v) is 11.0. The molecule has 2 aliphatic heterocycles. The van der Waals surface area contributed by atoms with E-state index >= 15 is 0 Å². The number of hydrogen-bond acceptors (Lipinski definition) is 9. The number of aliphatic hydroxyl groups is 2. The van der Waals surface area contributed by atoms with Crippen LogP contribution in [-0.4, -0.2) is 76.4 Å². The number of ether oxygens (including phenoxy) is 3. The number of halogens is 2. The molecule has 53 heavy (non-hydrogen) atoms. The van der Waals surface area contributed by atoms with Gasteiger partial charge in [0.05, 0.1) is 11.7 Å². The van der Waals surface area contributed by atoms with Crippen LogP contribution in [0.3, 0.4) is 0 Å². The van der Waals surface area contributed by atoms with Gasteiger partial charge in [-0.1, -0.05) is 36.2 Å². The predicted molar refractivity (Wildman–Crippen MR) is 194 cm³/mol. The molecule has 4 aliphatic carbocycles. The van der Waals surface area contributed by atoms with Crippen LogP contribution in [0.2, 0.25) is 5.02 Å². The van der Waals surface area contributed by atoms with Gasteiger partial charge < -0.3 is 29.3 Å². The normalized spacial score (nSPS) is 34.5. The number of nitrogens with zero attached hydrogens (tertiary/aromatic N) is 1. The van der Waals surface area contributed by atoms with E-state index in [9.17, 15) is 29.0 Å². The molecule has 0 bridgehead atoms. The van der Waals surface area contributed by atoms with Gasteiger partial charge in [-0.2, -0.15) is 0 Å². The highest BCUT2D eigenvalue weighted by molar-refractivity contribution is 6.30. The Morgan fingerprint density at radius 2 is 1.77 bits per heavy atom. The molecule has 6 aliphatic rings. The minimum Gasteiger partial charge on any atom is -0.426 e. The van der Waals surface area contributed by atoms with E-state index in [4.69, 9.17) is 25.8 Å². The minimum atomic E-state index is -1.09. The van der Waals surface area contributed by atoms with E-state index in [2.05, 4.69) is 11.8 Å². The molecule has 0 amide bonds. The first kappa shape index (κ1) is 36.6. The maximum atomic E-state index is 13.8. The summed E-state index contributed by atoms with van der Waals surface area (Å²) in [6.07, 6.45) is 8.03. The third kappa shape index (κ3) is 6.38. The molecular weight excluding hydrogens is 701 g/mol. The number of carbonyl (C=O) groups excluding carboxylic acids is 3. The molecule has 0 radical (unpaired) electrons. The molecule has 2 N–H and O–H groups in total. The predicted octanol–water partition coefficient (Wildman–Crippen LogP) is 6.92.